The van der Waals surface area contributed by atoms with Crippen molar-refractivity contribution in [1.82, 2.24) is 19.9 Å². The Morgan fingerprint density at radius 1 is 1.00 bits per heavy atom. The van der Waals surface area contributed by atoms with E-state index in [4.69, 9.17) is 39.9 Å². The van der Waals surface area contributed by atoms with Crippen LogP contribution in [0.1, 0.15) is 12.2 Å². The molecule has 0 amide bonds. The van der Waals surface area contributed by atoms with Gasteiger partial charge in [0, 0.05) is 31.9 Å². The second-order valence-electron chi connectivity index (χ2n) is 6.88. The minimum absolute atomic E-state index is 0.0669. The van der Waals surface area contributed by atoms with Gasteiger partial charge in [0.2, 0.25) is 15.7 Å². The summed E-state index contributed by atoms with van der Waals surface area (Å²) < 4.78 is 39.0. The van der Waals surface area contributed by atoms with Crippen LogP contribution in [0.2, 0.25) is 0 Å². The molecular weight excluding hydrogens is 496 g/mol. The average Bonchev–Trinajstić information content (AvgIpc) is 2.94. The summed E-state index contributed by atoms with van der Waals surface area (Å²) in [6.45, 7) is 3.39. The molecule has 32 heavy (non-hydrogen) atoms. The Kier molecular flexibility index (Phi) is 8.10. The van der Waals surface area contributed by atoms with Crippen molar-refractivity contribution in [2.75, 3.05) is 49.5 Å². The zero-order chi connectivity index (χ0) is 23.4. The molecule has 0 atom stereocenters. The fourth-order valence-electron chi connectivity index (χ4n) is 3.09. The number of aromatic nitrogens is 3. The Morgan fingerprint density at radius 2 is 1.72 bits per heavy atom. The number of aliphatic hydroxyl groups excluding tert-OH is 1. The van der Waals surface area contributed by atoms with E-state index in [2.05, 4.69) is 29.9 Å². The van der Waals surface area contributed by atoms with Gasteiger partial charge in [-0.05, 0) is 37.2 Å². The Labute approximate surface area is 197 Å². The topological polar surface area (TPSA) is 86.6 Å². The lowest BCUT2D eigenvalue weighted by Crippen LogP contribution is -2.33. The highest BCUT2D eigenvalue weighted by molar-refractivity contribution is 6.66. The number of rotatable bonds is 6. The van der Waals surface area contributed by atoms with Gasteiger partial charge in [0.15, 0.2) is 5.82 Å². The fourth-order valence-corrected chi connectivity index (χ4v) is 3.35. The van der Waals surface area contributed by atoms with Crippen molar-refractivity contribution in [3.8, 4) is 5.75 Å². The number of anilines is 3. The van der Waals surface area contributed by atoms with E-state index in [-0.39, 0.29) is 24.1 Å². The number of nitrogens with one attached hydrogen (secondary N) is 1. The predicted octanol–water partition coefficient (Wildman–Crippen LogP) is 3.84. The summed E-state index contributed by atoms with van der Waals surface area (Å²) in [6, 6.07) is 5.05. The average molecular weight is 516 g/mol. The van der Waals surface area contributed by atoms with Crippen molar-refractivity contribution in [3.63, 3.8) is 0 Å². The molecule has 2 N–H and O–H groups in total. The largest absolute Gasteiger partial charge is 0.573 e. The van der Waals surface area contributed by atoms with Gasteiger partial charge in [-0.15, -0.1) is 13.2 Å². The number of benzene rings is 1. The Bertz CT molecular complexity index is 899. The summed E-state index contributed by atoms with van der Waals surface area (Å²) in [5.41, 5.74) is 0.400. The number of alkyl halides is 6. The van der Waals surface area contributed by atoms with E-state index in [0.717, 1.165) is 25.1 Å². The lowest BCUT2D eigenvalue weighted by molar-refractivity contribution is -0.274. The van der Waals surface area contributed by atoms with E-state index in [9.17, 15) is 13.2 Å². The van der Waals surface area contributed by atoms with Gasteiger partial charge in [-0.25, -0.2) is 0 Å². The van der Waals surface area contributed by atoms with Crippen LogP contribution in [-0.4, -0.2) is 70.7 Å². The minimum atomic E-state index is -4.78. The van der Waals surface area contributed by atoms with E-state index >= 15 is 0 Å². The summed E-state index contributed by atoms with van der Waals surface area (Å²) in [6.07, 6.45) is -3.96. The summed E-state index contributed by atoms with van der Waals surface area (Å²) >= 11 is 18.0. The molecule has 0 unspecified atom stereocenters. The molecule has 2 aromatic rings. The van der Waals surface area contributed by atoms with E-state index < -0.39 is 10.2 Å². The maximum atomic E-state index is 12.3. The molecule has 1 aliphatic heterocycles. The molecule has 8 nitrogen and oxygen atoms in total. The molecule has 2 heterocycles. The highest BCUT2D eigenvalue weighted by atomic mass is 35.6. The monoisotopic (exact) mass is 514 g/mol. The molecule has 1 fully saturated rings. The Morgan fingerprint density at radius 3 is 2.34 bits per heavy atom. The van der Waals surface area contributed by atoms with Crippen LogP contribution in [0.3, 0.4) is 0 Å². The smallest absolute Gasteiger partial charge is 0.406 e. The van der Waals surface area contributed by atoms with Crippen molar-refractivity contribution < 1.29 is 23.0 Å². The molecule has 0 spiro atoms. The Balaban J connectivity index is 1.81. The molecule has 14 heteroatoms. The molecule has 1 saturated heterocycles. The van der Waals surface area contributed by atoms with Crippen molar-refractivity contribution >= 4 is 52.4 Å². The molecule has 176 valence electrons. The van der Waals surface area contributed by atoms with Crippen molar-refractivity contribution in [1.29, 1.82) is 0 Å². The van der Waals surface area contributed by atoms with E-state index in [1.54, 1.807) is 0 Å². The van der Waals surface area contributed by atoms with Crippen LogP contribution < -0.4 is 15.0 Å². The molecule has 3 rings (SSSR count). The number of hydrogen-bond acceptors (Lipinski definition) is 8. The number of halogens is 6. The quantitative estimate of drug-likeness (QED) is 0.561. The summed E-state index contributed by atoms with van der Waals surface area (Å²) in [4.78, 5) is 16.9. The van der Waals surface area contributed by atoms with Gasteiger partial charge in [-0.1, -0.05) is 34.8 Å². The fraction of sp³-hybridized carbons (Fsp3) is 0.500. The van der Waals surface area contributed by atoms with Crippen LogP contribution in [-0.2, 0) is 3.79 Å². The zero-order valence-electron chi connectivity index (χ0n) is 16.6. The van der Waals surface area contributed by atoms with Crippen LogP contribution >= 0.6 is 34.8 Å². The molecule has 0 radical (unpaired) electrons. The summed E-state index contributed by atoms with van der Waals surface area (Å²) in [5.74, 6) is -0.0918. The summed E-state index contributed by atoms with van der Waals surface area (Å²) in [7, 11) is 0. The van der Waals surface area contributed by atoms with Gasteiger partial charge < -0.3 is 20.1 Å². The van der Waals surface area contributed by atoms with Crippen molar-refractivity contribution in [3.05, 3.63) is 30.1 Å². The van der Waals surface area contributed by atoms with Gasteiger partial charge >= 0.3 is 6.36 Å². The van der Waals surface area contributed by atoms with Crippen molar-refractivity contribution in [2.24, 2.45) is 0 Å². The highest BCUT2D eigenvalue weighted by Gasteiger charge is 2.31. The SMILES string of the molecule is OCCN1CCCN(c2nc(Nc3ccc(OC(F)(F)F)cc3)nc(C(Cl)(Cl)Cl)n2)CC1. The number of ether oxygens (including phenoxy) is 1. The van der Waals surface area contributed by atoms with Gasteiger partial charge in [0.25, 0.3) is 0 Å². The van der Waals surface area contributed by atoms with Crippen LogP contribution in [0.4, 0.5) is 30.8 Å². The number of hydrogen-bond donors (Lipinski definition) is 2. The van der Waals surface area contributed by atoms with E-state index in [0.29, 0.717) is 37.8 Å². The van der Waals surface area contributed by atoms with Crippen LogP contribution in [0.25, 0.3) is 0 Å². The molecule has 0 saturated carbocycles. The summed E-state index contributed by atoms with van der Waals surface area (Å²) in [5, 5.41) is 12.0. The standard InChI is InChI=1S/C18H20Cl3F3N6O2/c19-17(20,21)14-26-15(25-12-2-4-13(5-3-12)32-18(22,23)24)28-16(27-14)30-7-1-6-29(8-9-30)10-11-31/h2-5,31H,1,6-11H2,(H,25,26,27,28). The van der Waals surface area contributed by atoms with Crippen molar-refractivity contribution in [2.45, 2.75) is 16.6 Å². The predicted molar refractivity (Wildman–Crippen MR) is 116 cm³/mol. The maximum absolute atomic E-state index is 12.3. The third-order valence-electron chi connectivity index (χ3n) is 4.51. The number of aliphatic hydroxyl groups is 1. The number of nitrogens with zero attached hydrogens (tertiary/aromatic N) is 5. The molecule has 0 aliphatic carbocycles. The van der Waals surface area contributed by atoms with Gasteiger partial charge in [-0.3, -0.25) is 4.90 Å². The van der Waals surface area contributed by atoms with Crippen LogP contribution in [0.5, 0.6) is 5.75 Å². The second kappa shape index (κ2) is 10.4. The lowest BCUT2D eigenvalue weighted by atomic mass is 10.3. The molecular formula is C18H20Cl3F3N6O2. The third-order valence-corrected chi connectivity index (χ3v) is 5.02. The minimum Gasteiger partial charge on any atom is -0.406 e. The second-order valence-corrected chi connectivity index (χ2v) is 9.16. The molecule has 1 aromatic carbocycles. The van der Waals surface area contributed by atoms with Crippen LogP contribution in [0, 0.1) is 0 Å². The molecule has 1 aromatic heterocycles. The van der Waals surface area contributed by atoms with Gasteiger partial charge in [0.1, 0.15) is 5.75 Å². The third kappa shape index (κ3) is 7.38. The molecule has 0 bridgehead atoms. The first-order valence-electron chi connectivity index (χ1n) is 9.58. The van der Waals surface area contributed by atoms with Gasteiger partial charge in [-0.2, -0.15) is 15.0 Å². The first-order valence-corrected chi connectivity index (χ1v) is 10.7. The first-order chi connectivity index (χ1) is 15.0. The molecule has 1 aliphatic rings. The van der Waals surface area contributed by atoms with Crippen LogP contribution in [0.15, 0.2) is 24.3 Å². The normalized spacial score (nSPS) is 16.0. The first kappa shape index (κ1) is 24.8. The lowest BCUT2D eigenvalue weighted by Gasteiger charge is -2.23. The maximum Gasteiger partial charge on any atom is 0.573 e. The zero-order valence-corrected chi connectivity index (χ0v) is 18.9. The highest BCUT2D eigenvalue weighted by Crippen LogP contribution is 2.37. The Hall–Kier alpha value is -1.79. The van der Waals surface area contributed by atoms with Gasteiger partial charge in [0.05, 0.1) is 6.61 Å². The van der Waals surface area contributed by atoms with E-state index in [1.807, 2.05) is 4.90 Å². The number of β-amino-alcohol motifs (C(OH)–C–C–N with tert-alkyl or cyclic N) is 1. The van der Waals surface area contributed by atoms with E-state index in [1.165, 1.54) is 12.1 Å².